The summed E-state index contributed by atoms with van der Waals surface area (Å²) < 4.78 is 1.16. The standard InChI is InChI=1S/C16H15ClN4S/c17-12-3-1-11(2-4-12)14-9-13-15(22-14)16(20-10-19-13)21-7-5-18-6-8-21/h1-4,9-10,18H,5-8H2. The Morgan fingerprint density at radius 3 is 2.64 bits per heavy atom. The predicted molar refractivity (Wildman–Crippen MR) is 92.9 cm³/mol. The maximum atomic E-state index is 5.97. The molecule has 0 unspecified atom stereocenters. The van der Waals surface area contributed by atoms with Crippen molar-refractivity contribution in [2.24, 2.45) is 0 Å². The van der Waals surface area contributed by atoms with E-state index in [4.69, 9.17) is 11.6 Å². The quantitative estimate of drug-likeness (QED) is 0.781. The van der Waals surface area contributed by atoms with Gasteiger partial charge in [0, 0.05) is 36.1 Å². The lowest BCUT2D eigenvalue weighted by Gasteiger charge is -2.28. The lowest BCUT2D eigenvalue weighted by molar-refractivity contribution is 0.586. The molecule has 4 rings (SSSR count). The Kier molecular flexibility index (Phi) is 3.70. The van der Waals surface area contributed by atoms with Gasteiger partial charge >= 0.3 is 0 Å². The van der Waals surface area contributed by atoms with Crippen molar-refractivity contribution >= 4 is 39.0 Å². The summed E-state index contributed by atoms with van der Waals surface area (Å²) in [6, 6.07) is 10.1. The molecule has 3 aromatic rings. The second kappa shape index (κ2) is 5.83. The van der Waals surface area contributed by atoms with Gasteiger partial charge in [0.1, 0.15) is 12.1 Å². The highest BCUT2D eigenvalue weighted by molar-refractivity contribution is 7.22. The van der Waals surface area contributed by atoms with Crippen molar-refractivity contribution in [3.8, 4) is 10.4 Å². The Morgan fingerprint density at radius 1 is 1.09 bits per heavy atom. The summed E-state index contributed by atoms with van der Waals surface area (Å²) >= 11 is 7.72. The zero-order chi connectivity index (χ0) is 14.9. The van der Waals surface area contributed by atoms with Gasteiger partial charge < -0.3 is 10.2 Å². The number of piperazine rings is 1. The van der Waals surface area contributed by atoms with Crippen molar-refractivity contribution in [3.63, 3.8) is 0 Å². The van der Waals surface area contributed by atoms with E-state index in [1.165, 1.54) is 10.4 Å². The van der Waals surface area contributed by atoms with Gasteiger partial charge in [-0.1, -0.05) is 23.7 Å². The maximum absolute atomic E-state index is 5.97. The summed E-state index contributed by atoms with van der Waals surface area (Å²) in [7, 11) is 0. The highest BCUT2D eigenvalue weighted by Gasteiger charge is 2.17. The Balaban J connectivity index is 1.78. The monoisotopic (exact) mass is 330 g/mol. The average molecular weight is 331 g/mol. The van der Waals surface area contributed by atoms with Crippen molar-refractivity contribution < 1.29 is 0 Å². The van der Waals surface area contributed by atoms with Gasteiger partial charge in [-0.05, 0) is 23.8 Å². The molecule has 1 aliphatic rings. The van der Waals surface area contributed by atoms with Gasteiger partial charge in [-0.2, -0.15) is 0 Å². The van der Waals surface area contributed by atoms with Crippen LogP contribution in [0.15, 0.2) is 36.7 Å². The van der Waals surface area contributed by atoms with Crippen LogP contribution in [0.25, 0.3) is 20.7 Å². The fourth-order valence-corrected chi connectivity index (χ4v) is 3.96. The molecule has 22 heavy (non-hydrogen) atoms. The average Bonchev–Trinajstić information content (AvgIpc) is 3.00. The molecule has 1 aromatic carbocycles. The summed E-state index contributed by atoms with van der Waals surface area (Å²) in [5, 5.41) is 4.13. The van der Waals surface area contributed by atoms with Crippen molar-refractivity contribution in [3.05, 3.63) is 41.7 Å². The molecule has 0 radical (unpaired) electrons. The highest BCUT2D eigenvalue weighted by Crippen LogP contribution is 2.37. The molecule has 1 aliphatic heterocycles. The van der Waals surface area contributed by atoms with Gasteiger partial charge in [0.2, 0.25) is 0 Å². The summed E-state index contributed by atoms with van der Waals surface area (Å²) in [6.45, 7) is 3.97. The molecule has 2 aromatic heterocycles. The van der Waals surface area contributed by atoms with Crippen LogP contribution in [0.3, 0.4) is 0 Å². The molecule has 0 aliphatic carbocycles. The Bertz CT molecular complexity index is 794. The zero-order valence-corrected chi connectivity index (χ0v) is 13.5. The van der Waals surface area contributed by atoms with Gasteiger partial charge in [0.25, 0.3) is 0 Å². The lowest BCUT2D eigenvalue weighted by Crippen LogP contribution is -2.43. The van der Waals surface area contributed by atoms with E-state index >= 15 is 0 Å². The Hall–Kier alpha value is -1.69. The minimum Gasteiger partial charge on any atom is -0.353 e. The lowest BCUT2D eigenvalue weighted by atomic mass is 10.2. The van der Waals surface area contributed by atoms with Crippen molar-refractivity contribution in [2.75, 3.05) is 31.1 Å². The third-order valence-corrected chi connectivity index (χ3v) is 5.26. The molecule has 112 valence electrons. The third kappa shape index (κ3) is 2.56. The summed E-state index contributed by atoms with van der Waals surface area (Å²) in [5.41, 5.74) is 2.18. The number of benzene rings is 1. The zero-order valence-electron chi connectivity index (χ0n) is 11.9. The van der Waals surface area contributed by atoms with E-state index in [1.54, 1.807) is 17.7 Å². The summed E-state index contributed by atoms with van der Waals surface area (Å²) in [6.07, 6.45) is 1.66. The van der Waals surface area contributed by atoms with E-state index in [2.05, 4.69) is 26.3 Å². The van der Waals surface area contributed by atoms with Crippen LogP contribution >= 0.6 is 22.9 Å². The molecule has 1 fully saturated rings. The number of nitrogens with zero attached hydrogens (tertiary/aromatic N) is 3. The van der Waals surface area contributed by atoms with E-state index in [0.717, 1.165) is 47.2 Å². The largest absolute Gasteiger partial charge is 0.353 e. The van der Waals surface area contributed by atoms with Crippen LogP contribution in [0.5, 0.6) is 0 Å². The molecular weight excluding hydrogens is 316 g/mol. The normalized spacial score (nSPS) is 15.4. The topological polar surface area (TPSA) is 41.1 Å². The minimum atomic E-state index is 0.756. The number of nitrogens with one attached hydrogen (secondary N) is 1. The Morgan fingerprint density at radius 2 is 1.86 bits per heavy atom. The molecule has 0 saturated carbocycles. The predicted octanol–water partition coefficient (Wildman–Crippen LogP) is 3.42. The first kappa shape index (κ1) is 13.9. The van der Waals surface area contributed by atoms with Crippen LogP contribution in [0.2, 0.25) is 5.02 Å². The van der Waals surface area contributed by atoms with Gasteiger partial charge in [0.05, 0.1) is 10.2 Å². The van der Waals surface area contributed by atoms with Crippen molar-refractivity contribution in [2.45, 2.75) is 0 Å². The van der Waals surface area contributed by atoms with Crippen LogP contribution in [0.4, 0.5) is 5.82 Å². The van der Waals surface area contributed by atoms with Gasteiger partial charge in [-0.3, -0.25) is 0 Å². The van der Waals surface area contributed by atoms with E-state index in [0.29, 0.717) is 0 Å². The molecule has 3 heterocycles. The smallest absolute Gasteiger partial charge is 0.150 e. The van der Waals surface area contributed by atoms with Crippen LogP contribution in [0, 0.1) is 0 Å². The SMILES string of the molecule is Clc1ccc(-c2cc3ncnc(N4CCNCC4)c3s2)cc1. The van der Waals surface area contributed by atoms with Gasteiger partial charge in [0.15, 0.2) is 0 Å². The van der Waals surface area contributed by atoms with E-state index in [1.807, 2.05) is 24.3 Å². The fraction of sp³-hybridized carbons (Fsp3) is 0.250. The van der Waals surface area contributed by atoms with Crippen molar-refractivity contribution in [1.82, 2.24) is 15.3 Å². The number of aromatic nitrogens is 2. The molecule has 0 amide bonds. The number of rotatable bonds is 2. The fourth-order valence-electron chi connectivity index (χ4n) is 2.70. The van der Waals surface area contributed by atoms with Crippen LogP contribution in [0.1, 0.15) is 0 Å². The molecular formula is C16H15ClN4S. The van der Waals surface area contributed by atoms with Crippen molar-refractivity contribution in [1.29, 1.82) is 0 Å². The number of fused-ring (bicyclic) bond motifs is 1. The van der Waals surface area contributed by atoms with E-state index < -0.39 is 0 Å². The van der Waals surface area contributed by atoms with E-state index in [-0.39, 0.29) is 0 Å². The molecule has 4 nitrogen and oxygen atoms in total. The number of thiophene rings is 1. The first-order valence-electron chi connectivity index (χ1n) is 7.27. The molecule has 0 bridgehead atoms. The minimum absolute atomic E-state index is 0.756. The van der Waals surface area contributed by atoms with Crippen LogP contribution in [-0.4, -0.2) is 36.1 Å². The summed E-state index contributed by atoms with van der Waals surface area (Å²) in [4.78, 5) is 12.5. The first-order chi connectivity index (χ1) is 10.8. The van der Waals surface area contributed by atoms with Crippen LogP contribution < -0.4 is 10.2 Å². The highest BCUT2D eigenvalue weighted by atomic mass is 35.5. The molecule has 0 atom stereocenters. The summed E-state index contributed by atoms with van der Waals surface area (Å²) in [5.74, 6) is 1.05. The molecule has 0 spiro atoms. The first-order valence-corrected chi connectivity index (χ1v) is 8.47. The number of halogens is 1. The maximum Gasteiger partial charge on any atom is 0.150 e. The van der Waals surface area contributed by atoms with Gasteiger partial charge in [-0.15, -0.1) is 11.3 Å². The number of anilines is 1. The second-order valence-electron chi connectivity index (χ2n) is 5.27. The van der Waals surface area contributed by atoms with Crippen LogP contribution in [-0.2, 0) is 0 Å². The number of hydrogen-bond donors (Lipinski definition) is 1. The Labute approximate surface area is 137 Å². The van der Waals surface area contributed by atoms with Gasteiger partial charge in [-0.25, -0.2) is 9.97 Å². The molecule has 1 saturated heterocycles. The number of hydrogen-bond acceptors (Lipinski definition) is 5. The second-order valence-corrected chi connectivity index (χ2v) is 6.75. The molecule has 1 N–H and O–H groups in total. The molecule has 6 heteroatoms. The third-order valence-electron chi connectivity index (χ3n) is 3.84. The van der Waals surface area contributed by atoms with E-state index in [9.17, 15) is 0 Å².